The molecule has 0 saturated carbocycles. The SMILES string of the molecule is Cc1ccsc1CCCC(=O)NCCc1ccc(CO)cc1. The van der Waals surface area contributed by atoms with E-state index in [2.05, 4.69) is 23.7 Å². The molecule has 1 aromatic heterocycles. The van der Waals surface area contributed by atoms with Crippen molar-refractivity contribution in [1.29, 1.82) is 0 Å². The molecule has 118 valence electrons. The smallest absolute Gasteiger partial charge is 0.220 e. The Morgan fingerprint density at radius 1 is 1.14 bits per heavy atom. The summed E-state index contributed by atoms with van der Waals surface area (Å²) >= 11 is 1.77. The molecule has 4 heteroatoms. The van der Waals surface area contributed by atoms with E-state index in [1.165, 1.54) is 16.0 Å². The molecule has 2 rings (SSSR count). The summed E-state index contributed by atoms with van der Waals surface area (Å²) < 4.78 is 0. The zero-order valence-corrected chi connectivity index (χ0v) is 13.8. The number of benzene rings is 1. The molecule has 2 aromatic rings. The van der Waals surface area contributed by atoms with Gasteiger partial charge in [-0.05, 0) is 54.3 Å². The van der Waals surface area contributed by atoms with Crippen molar-refractivity contribution >= 4 is 17.2 Å². The molecule has 0 bridgehead atoms. The number of carbonyl (C=O) groups excluding carboxylic acids is 1. The van der Waals surface area contributed by atoms with E-state index in [-0.39, 0.29) is 12.5 Å². The van der Waals surface area contributed by atoms with E-state index in [4.69, 9.17) is 5.11 Å². The number of nitrogens with one attached hydrogen (secondary N) is 1. The molecule has 22 heavy (non-hydrogen) atoms. The third kappa shape index (κ3) is 5.28. The minimum atomic E-state index is 0.0702. The van der Waals surface area contributed by atoms with Crippen molar-refractivity contribution in [3.8, 4) is 0 Å². The van der Waals surface area contributed by atoms with Crippen LogP contribution in [0.25, 0.3) is 0 Å². The van der Waals surface area contributed by atoms with E-state index in [1.54, 1.807) is 11.3 Å². The maximum atomic E-state index is 11.8. The van der Waals surface area contributed by atoms with E-state index in [0.29, 0.717) is 13.0 Å². The number of hydrogen-bond donors (Lipinski definition) is 2. The second-order valence-electron chi connectivity index (χ2n) is 5.45. The molecule has 0 aliphatic carbocycles. The van der Waals surface area contributed by atoms with Crippen molar-refractivity contribution in [3.63, 3.8) is 0 Å². The molecule has 1 amide bonds. The zero-order valence-electron chi connectivity index (χ0n) is 13.0. The van der Waals surface area contributed by atoms with Crippen LogP contribution in [-0.4, -0.2) is 17.6 Å². The Labute approximate surface area is 136 Å². The minimum absolute atomic E-state index is 0.0702. The Morgan fingerprint density at radius 2 is 1.86 bits per heavy atom. The normalized spacial score (nSPS) is 10.6. The molecule has 1 heterocycles. The first-order valence-corrected chi connectivity index (χ1v) is 8.55. The highest BCUT2D eigenvalue weighted by molar-refractivity contribution is 7.10. The molecule has 0 unspecified atom stereocenters. The van der Waals surface area contributed by atoms with Gasteiger partial charge in [-0.1, -0.05) is 24.3 Å². The fourth-order valence-corrected chi connectivity index (χ4v) is 3.27. The first-order chi connectivity index (χ1) is 10.7. The van der Waals surface area contributed by atoms with Crippen LogP contribution in [0.2, 0.25) is 0 Å². The Bertz CT molecular complexity index is 589. The first kappa shape index (κ1) is 16.7. The van der Waals surface area contributed by atoms with Crippen molar-refractivity contribution in [1.82, 2.24) is 5.32 Å². The number of aliphatic hydroxyl groups excluding tert-OH is 1. The third-order valence-corrected chi connectivity index (χ3v) is 4.80. The molecule has 0 fully saturated rings. The van der Waals surface area contributed by atoms with E-state index >= 15 is 0 Å². The fourth-order valence-electron chi connectivity index (χ4n) is 2.32. The van der Waals surface area contributed by atoms with E-state index in [0.717, 1.165) is 24.8 Å². The number of aliphatic hydroxyl groups is 1. The van der Waals surface area contributed by atoms with Gasteiger partial charge < -0.3 is 10.4 Å². The molecule has 0 aliphatic rings. The van der Waals surface area contributed by atoms with Crippen LogP contribution in [0.15, 0.2) is 35.7 Å². The Kier molecular flexibility index (Phi) is 6.62. The standard InChI is InChI=1S/C18H23NO2S/c1-14-10-12-22-17(14)3-2-4-18(21)19-11-9-15-5-7-16(13-20)8-6-15/h5-8,10,12,20H,2-4,9,11,13H2,1H3,(H,19,21). The monoisotopic (exact) mass is 317 g/mol. The highest BCUT2D eigenvalue weighted by atomic mass is 32.1. The summed E-state index contributed by atoms with van der Waals surface area (Å²) in [6.07, 6.45) is 3.29. The highest BCUT2D eigenvalue weighted by Gasteiger charge is 2.04. The zero-order chi connectivity index (χ0) is 15.8. The van der Waals surface area contributed by atoms with Gasteiger partial charge in [0.15, 0.2) is 0 Å². The summed E-state index contributed by atoms with van der Waals surface area (Å²) in [5.74, 6) is 0.126. The molecule has 3 nitrogen and oxygen atoms in total. The molecule has 1 aromatic carbocycles. The summed E-state index contributed by atoms with van der Waals surface area (Å²) in [6, 6.07) is 9.96. The van der Waals surface area contributed by atoms with Gasteiger partial charge in [0.05, 0.1) is 6.61 Å². The van der Waals surface area contributed by atoms with Gasteiger partial charge in [-0.25, -0.2) is 0 Å². The van der Waals surface area contributed by atoms with Crippen molar-refractivity contribution in [2.24, 2.45) is 0 Å². The fraction of sp³-hybridized carbons (Fsp3) is 0.389. The Morgan fingerprint density at radius 3 is 2.50 bits per heavy atom. The van der Waals surface area contributed by atoms with Crippen LogP contribution < -0.4 is 5.32 Å². The number of amides is 1. The predicted molar refractivity (Wildman–Crippen MR) is 91.1 cm³/mol. The van der Waals surface area contributed by atoms with Crippen LogP contribution >= 0.6 is 11.3 Å². The van der Waals surface area contributed by atoms with Gasteiger partial charge in [-0.15, -0.1) is 11.3 Å². The number of hydrogen-bond acceptors (Lipinski definition) is 3. The molecular weight excluding hydrogens is 294 g/mol. The van der Waals surface area contributed by atoms with Crippen LogP contribution in [0.4, 0.5) is 0 Å². The van der Waals surface area contributed by atoms with Gasteiger partial charge in [-0.2, -0.15) is 0 Å². The van der Waals surface area contributed by atoms with Crippen molar-refractivity contribution in [2.75, 3.05) is 6.54 Å². The minimum Gasteiger partial charge on any atom is -0.392 e. The van der Waals surface area contributed by atoms with E-state index < -0.39 is 0 Å². The maximum absolute atomic E-state index is 11.8. The summed E-state index contributed by atoms with van der Waals surface area (Å²) in [7, 11) is 0. The lowest BCUT2D eigenvalue weighted by Gasteiger charge is -2.06. The average molecular weight is 317 g/mol. The number of aryl methyl sites for hydroxylation is 2. The Hall–Kier alpha value is -1.65. The lowest BCUT2D eigenvalue weighted by atomic mass is 10.1. The second-order valence-corrected chi connectivity index (χ2v) is 6.46. The average Bonchev–Trinajstić information content (AvgIpc) is 2.93. The van der Waals surface area contributed by atoms with Gasteiger partial charge >= 0.3 is 0 Å². The molecule has 0 atom stereocenters. The van der Waals surface area contributed by atoms with Crippen LogP contribution in [0.3, 0.4) is 0 Å². The maximum Gasteiger partial charge on any atom is 0.220 e. The van der Waals surface area contributed by atoms with Gasteiger partial charge in [0.1, 0.15) is 0 Å². The summed E-state index contributed by atoms with van der Waals surface area (Å²) in [5.41, 5.74) is 3.42. The van der Waals surface area contributed by atoms with Crippen molar-refractivity contribution < 1.29 is 9.90 Å². The number of rotatable bonds is 8. The van der Waals surface area contributed by atoms with E-state index in [1.807, 2.05) is 24.3 Å². The summed E-state index contributed by atoms with van der Waals surface area (Å²) in [4.78, 5) is 13.2. The second kappa shape index (κ2) is 8.71. The van der Waals surface area contributed by atoms with Crippen molar-refractivity contribution in [2.45, 2.75) is 39.2 Å². The van der Waals surface area contributed by atoms with Gasteiger partial charge in [0.2, 0.25) is 5.91 Å². The molecular formula is C18H23NO2S. The number of carbonyl (C=O) groups is 1. The lowest BCUT2D eigenvalue weighted by Crippen LogP contribution is -2.25. The van der Waals surface area contributed by atoms with E-state index in [9.17, 15) is 4.79 Å². The molecule has 2 N–H and O–H groups in total. The number of thiophene rings is 1. The topological polar surface area (TPSA) is 49.3 Å². The highest BCUT2D eigenvalue weighted by Crippen LogP contribution is 2.17. The van der Waals surface area contributed by atoms with Crippen LogP contribution in [0.5, 0.6) is 0 Å². The largest absolute Gasteiger partial charge is 0.392 e. The predicted octanol–water partition coefficient (Wildman–Crippen LogP) is 3.23. The van der Waals surface area contributed by atoms with Crippen LogP contribution in [-0.2, 0) is 24.2 Å². The molecule has 0 aliphatic heterocycles. The summed E-state index contributed by atoms with van der Waals surface area (Å²) in [5, 5.41) is 14.1. The third-order valence-electron chi connectivity index (χ3n) is 3.72. The Balaban J connectivity index is 1.62. The molecule has 0 radical (unpaired) electrons. The van der Waals surface area contributed by atoms with Crippen LogP contribution in [0, 0.1) is 6.92 Å². The lowest BCUT2D eigenvalue weighted by molar-refractivity contribution is -0.121. The first-order valence-electron chi connectivity index (χ1n) is 7.67. The van der Waals surface area contributed by atoms with Crippen molar-refractivity contribution in [3.05, 3.63) is 57.3 Å². The van der Waals surface area contributed by atoms with Crippen LogP contribution in [0.1, 0.15) is 34.4 Å². The van der Waals surface area contributed by atoms with Gasteiger partial charge in [0.25, 0.3) is 0 Å². The van der Waals surface area contributed by atoms with Gasteiger partial charge in [-0.3, -0.25) is 4.79 Å². The van der Waals surface area contributed by atoms with Gasteiger partial charge in [0, 0.05) is 17.8 Å². The molecule has 0 saturated heterocycles. The summed E-state index contributed by atoms with van der Waals surface area (Å²) in [6.45, 7) is 2.85. The molecule has 0 spiro atoms. The quantitative estimate of drug-likeness (QED) is 0.785.